The third kappa shape index (κ3) is 8.58. The highest BCUT2D eigenvalue weighted by atomic mass is 32.2. The monoisotopic (exact) mass is 344 g/mol. The van der Waals surface area contributed by atoms with Crippen LogP contribution in [-0.2, 0) is 4.79 Å². The van der Waals surface area contributed by atoms with E-state index >= 15 is 0 Å². The number of carbonyl (C=O) groups excluding carboxylic acids is 1. The van der Waals surface area contributed by atoms with Crippen LogP contribution in [0.15, 0.2) is 4.34 Å². The van der Waals surface area contributed by atoms with Gasteiger partial charge in [-0.05, 0) is 34.1 Å². The zero-order valence-corrected chi connectivity index (χ0v) is 15.9. The van der Waals surface area contributed by atoms with Gasteiger partial charge in [0.25, 0.3) is 0 Å². The largest absolute Gasteiger partial charge is 0.355 e. The molecular weight excluding hydrogens is 316 g/mol. The Morgan fingerprint density at radius 3 is 2.68 bits per heavy atom. The number of aromatic nitrogens is 2. The van der Waals surface area contributed by atoms with Crippen LogP contribution in [0.1, 0.15) is 60.3 Å². The highest BCUT2D eigenvalue weighted by molar-refractivity contribution is 8.01. The molecular formula is C15H28N4OS2. The van der Waals surface area contributed by atoms with Gasteiger partial charge in [0.2, 0.25) is 11.0 Å². The number of thioether (sulfide) groups is 1. The molecule has 1 atom stereocenters. The topological polar surface area (TPSA) is 66.9 Å². The Morgan fingerprint density at radius 1 is 1.32 bits per heavy atom. The summed E-state index contributed by atoms with van der Waals surface area (Å²) in [6.07, 6.45) is 4.65. The van der Waals surface area contributed by atoms with Crippen molar-refractivity contribution in [1.29, 1.82) is 0 Å². The lowest BCUT2D eigenvalue weighted by Gasteiger charge is -2.18. The van der Waals surface area contributed by atoms with Gasteiger partial charge in [0.15, 0.2) is 4.34 Å². The third-order valence-corrected chi connectivity index (χ3v) is 4.84. The summed E-state index contributed by atoms with van der Waals surface area (Å²) in [5, 5.41) is 15.3. The third-order valence-electron chi connectivity index (χ3n) is 2.86. The summed E-state index contributed by atoms with van der Waals surface area (Å²) in [7, 11) is 0. The number of unbranched alkanes of at least 4 members (excludes halogenated alkanes) is 2. The Bertz CT molecular complexity index is 457. The Balaban J connectivity index is 2.29. The number of anilines is 1. The van der Waals surface area contributed by atoms with E-state index in [0.29, 0.717) is 5.75 Å². The molecule has 0 aliphatic rings. The highest BCUT2D eigenvalue weighted by Gasteiger charge is 2.14. The van der Waals surface area contributed by atoms with Crippen LogP contribution >= 0.6 is 23.1 Å². The average Bonchev–Trinajstić information content (AvgIpc) is 2.82. The summed E-state index contributed by atoms with van der Waals surface area (Å²) in [5.74, 6) is 0.456. The van der Waals surface area contributed by atoms with Crippen molar-refractivity contribution in [3.8, 4) is 0 Å². The second kappa shape index (κ2) is 9.35. The fraction of sp³-hybridized carbons (Fsp3) is 0.800. The molecule has 1 heterocycles. The van der Waals surface area contributed by atoms with Crippen molar-refractivity contribution in [2.24, 2.45) is 0 Å². The Kier molecular flexibility index (Phi) is 8.17. The Hall–Kier alpha value is -0.820. The van der Waals surface area contributed by atoms with Crippen LogP contribution in [0.4, 0.5) is 5.13 Å². The molecule has 1 amide bonds. The first-order valence-corrected chi connectivity index (χ1v) is 9.64. The lowest BCUT2D eigenvalue weighted by molar-refractivity contribution is -0.119. The first-order valence-electron chi connectivity index (χ1n) is 7.84. The summed E-state index contributed by atoms with van der Waals surface area (Å²) < 4.78 is 0.820. The lowest BCUT2D eigenvalue weighted by Crippen LogP contribution is -2.33. The molecule has 0 aliphatic heterocycles. The average molecular weight is 345 g/mol. The van der Waals surface area contributed by atoms with Crippen molar-refractivity contribution in [3.05, 3.63) is 0 Å². The van der Waals surface area contributed by atoms with Crippen LogP contribution in [0.5, 0.6) is 0 Å². The van der Waals surface area contributed by atoms with E-state index in [1.165, 1.54) is 42.4 Å². The number of carbonyl (C=O) groups is 1. The van der Waals surface area contributed by atoms with Crippen molar-refractivity contribution in [1.82, 2.24) is 15.5 Å². The van der Waals surface area contributed by atoms with Gasteiger partial charge >= 0.3 is 0 Å². The van der Waals surface area contributed by atoms with Gasteiger partial charge in [-0.25, -0.2) is 0 Å². The molecule has 0 saturated heterocycles. The Morgan fingerprint density at radius 2 is 2.05 bits per heavy atom. The standard InChI is InChI=1S/C15H28N4OS2/c1-6-7-8-9-11(2)16-12(20)10-21-14-19-18-13(22-14)17-15(3,4)5/h11H,6-10H2,1-5H3,(H,16,20)(H,17,18). The van der Waals surface area contributed by atoms with E-state index in [-0.39, 0.29) is 17.5 Å². The maximum Gasteiger partial charge on any atom is 0.230 e. The smallest absolute Gasteiger partial charge is 0.230 e. The van der Waals surface area contributed by atoms with Crippen molar-refractivity contribution in [3.63, 3.8) is 0 Å². The molecule has 7 heteroatoms. The Labute approximate surface area is 142 Å². The molecule has 0 saturated carbocycles. The summed E-state index contributed by atoms with van der Waals surface area (Å²) in [6.45, 7) is 10.5. The summed E-state index contributed by atoms with van der Waals surface area (Å²) >= 11 is 2.93. The molecule has 0 fully saturated rings. The van der Waals surface area contributed by atoms with E-state index in [9.17, 15) is 4.79 Å². The molecule has 0 aromatic carbocycles. The second-order valence-corrected chi connectivity index (χ2v) is 8.70. The second-order valence-electron chi connectivity index (χ2n) is 6.50. The quantitative estimate of drug-likeness (QED) is 0.525. The van der Waals surface area contributed by atoms with Gasteiger partial charge in [-0.2, -0.15) is 0 Å². The van der Waals surface area contributed by atoms with Crippen LogP contribution in [-0.4, -0.2) is 33.4 Å². The number of nitrogens with one attached hydrogen (secondary N) is 2. The minimum absolute atomic E-state index is 0.0350. The van der Waals surface area contributed by atoms with Crippen molar-refractivity contribution >= 4 is 34.1 Å². The van der Waals surface area contributed by atoms with Crippen molar-refractivity contribution < 1.29 is 4.79 Å². The fourth-order valence-electron chi connectivity index (χ4n) is 1.86. The van der Waals surface area contributed by atoms with E-state index in [4.69, 9.17) is 0 Å². The van der Waals surface area contributed by atoms with E-state index < -0.39 is 0 Å². The molecule has 22 heavy (non-hydrogen) atoms. The van der Waals surface area contributed by atoms with Crippen LogP contribution in [0.3, 0.4) is 0 Å². The van der Waals surface area contributed by atoms with Gasteiger partial charge in [-0.1, -0.05) is 49.3 Å². The van der Waals surface area contributed by atoms with Crippen LogP contribution < -0.4 is 10.6 Å². The van der Waals surface area contributed by atoms with Gasteiger partial charge in [0, 0.05) is 11.6 Å². The fourth-order valence-corrected chi connectivity index (χ4v) is 3.63. The van der Waals surface area contributed by atoms with Crippen LogP contribution in [0.25, 0.3) is 0 Å². The van der Waals surface area contributed by atoms with Gasteiger partial charge in [0.05, 0.1) is 5.75 Å². The van der Waals surface area contributed by atoms with Gasteiger partial charge in [-0.3, -0.25) is 4.79 Å². The van der Waals surface area contributed by atoms with Gasteiger partial charge in [0.1, 0.15) is 0 Å². The zero-order valence-electron chi connectivity index (χ0n) is 14.2. The predicted octanol–water partition coefficient (Wildman–Crippen LogP) is 3.93. The summed E-state index contributed by atoms with van der Waals surface area (Å²) in [4.78, 5) is 11.9. The highest BCUT2D eigenvalue weighted by Crippen LogP contribution is 2.27. The summed E-state index contributed by atoms with van der Waals surface area (Å²) in [6, 6.07) is 0.243. The maximum atomic E-state index is 11.9. The molecule has 0 bridgehead atoms. The van der Waals surface area contributed by atoms with E-state index in [0.717, 1.165) is 15.9 Å². The molecule has 5 nitrogen and oxygen atoms in total. The molecule has 1 aromatic rings. The first-order chi connectivity index (χ1) is 10.3. The molecule has 1 unspecified atom stereocenters. The molecule has 2 N–H and O–H groups in total. The number of rotatable bonds is 9. The molecule has 0 aliphatic carbocycles. The van der Waals surface area contributed by atoms with Gasteiger partial charge in [-0.15, -0.1) is 10.2 Å². The van der Waals surface area contributed by atoms with Crippen molar-refractivity contribution in [2.45, 2.75) is 76.2 Å². The number of nitrogens with zero attached hydrogens (tertiary/aromatic N) is 2. The van der Waals surface area contributed by atoms with E-state index in [2.05, 4.69) is 55.4 Å². The molecule has 0 radical (unpaired) electrons. The predicted molar refractivity (Wildman–Crippen MR) is 95.8 cm³/mol. The van der Waals surface area contributed by atoms with Crippen molar-refractivity contribution in [2.75, 3.05) is 11.1 Å². The minimum atomic E-state index is -0.0350. The van der Waals surface area contributed by atoms with E-state index in [1.54, 1.807) is 0 Å². The molecule has 1 aromatic heterocycles. The van der Waals surface area contributed by atoms with Gasteiger partial charge < -0.3 is 10.6 Å². The maximum absolute atomic E-state index is 11.9. The number of hydrogen-bond acceptors (Lipinski definition) is 6. The molecule has 1 rings (SSSR count). The zero-order chi connectivity index (χ0) is 16.6. The summed E-state index contributed by atoms with van der Waals surface area (Å²) in [5.41, 5.74) is -0.0350. The number of amides is 1. The van der Waals surface area contributed by atoms with Crippen LogP contribution in [0.2, 0.25) is 0 Å². The molecule has 0 spiro atoms. The SMILES string of the molecule is CCCCCC(C)NC(=O)CSc1nnc(NC(C)(C)C)s1. The van der Waals surface area contributed by atoms with Crippen LogP contribution in [0, 0.1) is 0 Å². The lowest BCUT2D eigenvalue weighted by atomic mass is 10.1. The normalized spacial score (nSPS) is 13.0. The number of hydrogen-bond donors (Lipinski definition) is 2. The molecule has 126 valence electrons. The first kappa shape index (κ1) is 19.2. The minimum Gasteiger partial charge on any atom is -0.355 e. The van der Waals surface area contributed by atoms with E-state index in [1.807, 2.05) is 0 Å².